The minimum Gasteiger partial charge on any atom is -0.322 e. The van der Waals surface area contributed by atoms with Gasteiger partial charge in [-0.1, -0.05) is 48.0 Å². The molecule has 0 saturated heterocycles. The number of carbonyl (C=O) groups is 3. The molecule has 2 aliphatic rings. The number of anilines is 2. The summed E-state index contributed by atoms with van der Waals surface area (Å²) in [5.41, 5.74) is 1.93. The standard InChI is InChI=1S/C29H24ClFN4O5S/c30-24-10-7-21(31)15-23(24)27(37)33-22-8-5-18(6-9-22)28(38)35-14-13-29(16-19-3-1-2-4-25(19)35)12-11-20(17-29)26(36)34-41(32,39)40/h1-12,15,17H,13-14,16H2,(H,33,37)(H,34,36)(H2,32,39,40)/t29-/m0/s1. The maximum absolute atomic E-state index is 13.7. The van der Waals surface area contributed by atoms with Gasteiger partial charge in [0.2, 0.25) is 0 Å². The molecule has 1 aliphatic carbocycles. The normalized spacial score (nSPS) is 17.9. The van der Waals surface area contributed by atoms with Gasteiger partial charge in [0, 0.05) is 34.5 Å². The Hall–Kier alpha value is -4.32. The number of hydrogen-bond acceptors (Lipinski definition) is 5. The van der Waals surface area contributed by atoms with Crippen molar-refractivity contribution in [1.29, 1.82) is 0 Å². The van der Waals surface area contributed by atoms with Crippen molar-refractivity contribution < 1.29 is 27.2 Å². The van der Waals surface area contributed by atoms with Crippen LogP contribution >= 0.6 is 11.6 Å². The SMILES string of the molecule is NS(=O)(=O)NC(=O)C1=C[C@@]2(C=C1)CCN(C(=O)c1ccc(NC(=O)c3cc(F)ccc3Cl)cc1)c1ccccc1C2. The fourth-order valence-corrected chi connectivity index (χ4v) is 5.58. The van der Waals surface area contributed by atoms with Gasteiger partial charge in [-0.15, -0.1) is 0 Å². The van der Waals surface area contributed by atoms with Gasteiger partial charge in [-0.2, -0.15) is 8.42 Å². The largest absolute Gasteiger partial charge is 0.322 e. The molecular weight excluding hydrogens is 571 g/mol. The number of carbonyl (C=O) groups excluding carboxylic acids is 3. The second-order valence-electron chi connectivity index (χ2n) is 9.81. The predicted octanol–water partition coefficient (Wildman–Crippen LogP) is 4.13. The maximum atomic E-state index is 13.7. The van der Waals surface area contributed by atoms with Gasteiger partial charge in [-0.3, -0.25) is 14.4 Å². The second kappa shape index (κ2) is 10.9. The van der Waals surface area contributed by atoms with E-state index in [4.69, 9.17) is 16.7 Å². The number of halogens is 2. The molecule has 0 fully saturated rings. The van der Waals surface area contributed by atoms with Gasteiger partial charge in [0.05, 0.1) is 10.6 Å². The summed E-state index contributed by atoms with van der Waals surface area (Å²) >= 11 is 6.02. The number of nitrogens with one attached hydrogen (secondary N) is 2. The first kappa shape index (κ1) is 28.2. The first-order valence-corrected chi connectivity index (χ1v) is 14.4. The van der Waals surface area contributed by atoms with E-state index >= 15 is 0 Å². The zero-order valence-electron chi connectivity index (χ0n) is 21.4. The van der Waals surface area contributed by atoms with Crippen molar-refractivity contribution in [3.05, 3.63) is 118 Å². The lowest BCUT2D eigenvalue weighted by molar-refractivity contribution is -0.115. The number of benzene rings is 3. The molecule has 0 unspecified atom stereocenters. The van der Waals surface area contributed by atoms with Crippen molar-refractivity contribution in [3.8, 4) is 0 Å². The Labute approximate surface area is 240 Å². The molecule has 41 heavy (non-hydrogen) atoms. The molecule has 3 aromatic carbocycles. The van der Waals surface area contributed by atoms with E-state index in [1.54, 1.807) is 46.0 Å². The second-order valence-corrected chi connectivity index (χ2v) is 11.5. The van der Waals surface area contributed by atoms with Crippen molar-refractivity contribution in [2.45, 2.75) is 12.8 Å². The predicted molar refractivity (Wildman–Crippen MR) is 153 cm³/mol. The average molecular weight is 595 g/mol. The van der Waals surface area contributed by atoms with Gasteiger partial charge < -0.3 is 10.2 Å². The first-order chi connectivity index (χ1) is 19.4. The molecular formula is C29H24ClFN4O5S. The minimum absolute atomic E-state index is 0.0118. The quantitative estimate of drug-likeness (QED) is 0.408. The van der Waals surface area contributed by atoms with Crippen molar-refractivity contribution in [1.82, 2.24) is 4.72 Å². The summed E-state index contributed by atoms with van der Waals surface area (Å²) in [4.78, 5) is 40.3. The monoisotopic (exact) mass is 594 g/mol. The summed E-state index contributed by atoms with van der Waals surface area (Å²) in [7, 11) is -4.21. The van der Waals surface area contributed by atoms with E-state index in [0.717, 1.165) is 23.4 Å². The van der Waals surface area contributed by atoms with Gasteiger partial charge >= 0.3 is 0 Å². The number of amides is 3. The van der Waals surface area contributed by atoms with Crippen LogP contribution in [0.15, 0.2) is 90.5 Å². The third-order valence-corrected chi connectivity index (χ3v) is 7.75. The van der Waals surface area contributed by atoms with Gasteiger partial charge in [-0.25, -0.2) is 14.3 Å². The van der Waals surface area contributed by atoms with Crippen LogP contribution in [0.4, 0.5) is 15.8 Å². The minimum atomic E-state index is -4.21. The number of rotatable bonds is 5. The molecule has 210 valence electrons. The fourth-order valence-electron chi connectivity index (χ4n) is 5.00. The Morgan fingerprint density at radius 1 is 1.00 bits per heavy atom. The number of nitrogens with two attached hydrogens (primary N) is 1. The summed E-state index contributed by atoms with van der Waals surface area (Å²) in [5, 5.41) is 7.70. The number of hydrogen-bond donors (Lipinski definition) is 3. The summed E-state index contributed by atoms with van der Waals surface area (Å²) in [6, 6.07) is 17.3. The highest BCUT2D eigenvalue weighted by molar-refractivity contribution is 7.87. The molecule has 9 nitrogen and oxygen atoms in total. The van der Waals surface area contributed by atoms with Crippen molar-refractivity contribution in [2.75, 3.05) is 16.8 Å². The van der Waals surface area contributed by atoms with E-state index in [-0.39, 0.29) is 22.1 Å². The zero-order chi connectivity index (χ0) is 29.4. The van der Waals surface area contributed by atoms with Gasteiger partial charge in [0.25, 0.3) is 27.9 Å². The van der Waals surface area contributed by atoms with Crippen molar-refractivity contribution in [3.63, 3.8) is 0 Å². The molecule has 1 atom stereocenters. The van der Waals surface area contributed by atoms with Crippen LogP contribution in [0.5, 0.6) is 0 Å². The van der Waals surface area contributed by atoms with Crippen LogP contribution in [-0.2, 0) is 21.4 Å². The van der Waals surface area contributed by atoms with Gasteiger partial charge in [0.15, 0.2) is 0 Å². The lowest BCUT2D eigenvalue weighted by Crippen LogP contribution is -2.36. The Balaban J connectivity index is 1.35. The molecule has 0 saturated carbocycles. The lowest BCUT2D eigenvalue weighted by Gasteiger charge is -2.24. The van der Waals surface area contributed by atoms with E-state index in [9.17, 15) is 27.2 Å². The molecule has 4 N–H and O–H groups in total. The smallest absolute Gasteiger partial charge is 0.298 e. The summed E-state index contributed by atoms with van der Waals surface area (Å²) < 4.78 is 38.0. The van der Waals surface area contributed by atoms with E-state index < -0.39 is 33.3 Å². The third-order valence-electron chi connectivity index (χ3n) is 6.95. The van der Waals surface area contributed by atoms with E-state index in [1.165, 1.54) is 6.07 Å². The lowest BCUT2D eigenvalue weighted by atomic mass is 9.80. The molecule has 0 radical (unpaired) electrons. The molecule has 3 amide bonds. The van der Waals surface area contributed by atoms with Crippen molar-refractivity contribution >= 4 is 50.9 Å². The molecule has 1 spiro atoms. The maximum Gasteiger partial charge on any atom is 0.298 e. The highest BCUT2D eigenvalue weighted by Gasteiger charge is 2.36. The van der Waals surface area contributed by atoms with Crippen molar-refractivity contribution in [2.24, 2.45) is 10.6 Å². The van der Waals surface area contributed by atoms with E-state index in [1.807, 2.05) is 30.3 Å². The topological polar surface area (TPSA) is 139 Å². The third kappa shape index (κ3) is 6.22. The van der Waals surface area contributed by atoms with Crippen LogP contribution in [0.3, 0.4) is 0 Å². The summed E-state index contributed by atoms with van der Waals surface area (Å²) in [5.74, 6) is -2.27. The van der Waals surface area contributed by atoms with Gasteiger partial charge in [-0.05, 0) is 66.9 Å². The van der Waals surface area contributed by atoms with Crippen LogP contribution in [-0.4, -0.2) is 32.7 Å². The van der Waals surface area contributed by atoms with E-state index in [0.29, 0.717) is 30.6 Å². The van der Waals surface area contributed by atoms with E-state index in [2.05, 4.69) is 5.32 Å². The highest BCUT2D eigenvalue weighted by Crippen LogP contribution is 2.42. The summed E-state index contributed by atoms with van der Waals surface area (Å²) in [6.45, 7) is 0.317. The first-order valence-electron chi connectivity index (χ1n) is 12.5. The number of para-hydroxylation sites is 1. The molecule has 12 heteroatoms. The zero-order valence-corrected chi connectivity index (χ0v) is 23.0. The fraction of sp³-hybridized carbons (Fsp3) is 0.138. The molecule has 5 rings (SSSR count). The Kier molecular flexibility index (Phi) is 7.52. The number of fused-ring (bicyclic) bond motifs is 1. The molecule has 1 aliphatic heterocycles. The van der Waals surface area contributed by atoms with Crippen LogP contribution in [0, 0.1) is 11.2 Å². The van der Waals surface area contributed by atoms with Crippen LogP contribution < -0.4 is 20.1 Å². The molecule has 3 aromatic rings. The summed E-state index contributed by atoms with van der Waals surface area (Å²) in [6.07, 6.45) is 6.07. The molecule has 0 aromatic heterocycles. The van der Waals surface area contributed by atoms with Crippen LogP contribution in [0.1, 0.15) is 32.7 Å². The molecule has 1 heterocycles. The van der Waals surface area contributed by atoms with Crippen LogP contribution in [0.2, 0.25) is 5.02 Å². The highest BCUT2D eigenvalue weighted by atomic mass is 35.5. The molecule has 0 bridgehead atoms. The average Bonchev–Trinajstić information content (AvgIpc) is 3.26. The van der Waals surface area contributed by atoms with Crippen LogP contribution in [0.25, 0.3) is 0 Å². The number of nitrogens with zero attached hydrogens (tertiary/aromatic N) is 1. The Bertz CT molecular complexity index is 1740. The Morgan fingerprint density at radius 2 is 1.73 bits per heavy atom. The number of allylic oxidation sites excluding steroid dienone is 2. The van der Waals surface area contributed by atoms with Gasteiger partial charge in [0.1, 0.15) is 5.82 Å². The Morgan fingerprint density at radius 3 is 2.46 bits per heavy atom.